The van der Waals surface area contributed by atoms with E-state index in [2.05, 4.69) is 11.1 Å². The monoisotopic (exact) mass is 541 g/mol. The van der Waals surface area contributed by atoms with Gasteiger partial charge in [0.2, 0.25) is 0 Å². The molecule has 0 N–H and O–H groups in total. The van der Waals surface area contributed by atoms with Crippen LogP contribution in [-0.2, 0) is 22.5 Å². The standard InChI is InChI=1S/C27H22F3N3O6/c1-5-10-37-25(35)16(3)38-20-8-6-15(2)11-18(20)24-19-12-17(7-9-21(19)39-31-24)33-23(34)13-22(27(29,30)14-28)32(4)26(33)36/h1,6-9,11-13,16H,10,14H2,2-4H3. The number of hydrogen-bond donors (Lipinski definition) is 0. The summed E-state index contributed by atoms with van der Waals surface area (Å²) in [5, 5.41) is 4.47. The van der Waals surface area contributed by atoms with Crippen molar-refractivity contribution in [3.05, 3.63) is 74.6 Å². The quantitative estimate of drug-likeness (QED) is 0.248. The summed E-state index contributed by atoms with van der Waals surface area (Å²) in [6.45, 7) is 1.03. The molecule has 0 bridgehead atoms. The third kappa shape index (κ3) is 5.16. The average molecular weight is 541 g/mol. The van der Waals surface area contributed by atoms with Gasteiger partial charge in [0.25, 0.3) is 5.56 Å². The fourth-order valence-corrected chi connectivity index (χ4v) is 3.94. The Morgan fingerprint density at radius 3 is 2.64 bits per heavy atom. The molecule has 0 aliphatic rings. The highest BCUT2D eigenvalue weighted by Gasteiger charge is 2.35. The topological polar surface area (TPSA) is 106 Å². The van der Waals surface area contributed by atoms with Crippen LogP contribution >= 0.6 is 0 Å². The first-order valence-corrected chi connectivity index (χ1v) is 11.5. The second-order valence-corrected chi connectivity index (χ2v) is 8.67. The molecule has 0 amide bonds. The Balaban J connectivity index is 1.83. The van der Waals surface area contributed by atoms with E-state index < -0.39 is 41.6 Å². The molecule has 0 aliphatic heterocycles. The van der Waals surface area contributed by atoms with E-state index in [0.29, 0.717) is 26.2 Å². The lowest BCUT2D eigenvalue weighted by Gasteiger charge is -2.17. The van der Waals surface area contributed by atoms with E-state index in [0.717, 1.165) is 12.6 Å². The number of benzene rings is 2. The molecule has 2 heterocycles. The van der Waals surface area contributed by atoms with Gasteiger partial charge in [0.1, 0.15) is 11.4 Å². The first kappa shape index (κ1) is 27.3. The molecule has 0 saturated heterocycles. The number of terminal acetylenes is 1. The molecule has 9 nitrogen and oxygen atoms in total. The Morgan fingerprint density at radius 2 is 1.95 bits per heavy atom. The van der Waals surface area contributed by atoms with Gasteiger partial charge in [0.05, 0.1) is 16.8 Å². The number of rotatable bonds is 8. The summed E-state index contributed by atoms with van der Waals surface area (Å²) < 4.78 is 58.2. The summed E-state index contributed by atoms with van der Waals surface area (Å²) in [5.74, 6) is -2.23. The minimum Gasteiger partial charge on any atom is -0.478 e. The van der Waals surface area contributed by atoms with E-state index in [1.165, 1.54) is 25.1 Å². The second-order valence-electron chi connectivity index (χ2n) is 8.67. The van der Waals surface area contributed by atoms with E-state index in [1.807, 2.05) is 6.92 Å². The molecule has 4 aromatic rings. The highest BCUT2D eigenvalue weighted by Crippen LogP contribution is 2.36. The van der Waals surface area contributed by atoms with Gasteiger partial charge in [-0.2, -0.15) is 8.78 Å². The van der Waals surface area contributed by atoms with Gasteiger partial charge in [-0.3, -0.25) is 9.36 Å². The maximum absolute atomic E-state index is 14.0. The molecule has 0 radical (unpaired) electrons. The molecule has 4 rings (SSSR count). The Hall–Kier alpha value is -4.79. The molecular formula is C27H22F3N3O6. The van der Waals surface area contributed by atoms with Crippen molar-refractivity contribution in [2.45, 2.75) is 25.9 Å². The van der Waals surface area contributed by atoms with Crippen LogP contribution in [0.25, 0.3) is 27.9 Å². The zero-order chi connectivity index (χ0) is 28.5. The summed E-state index contributed by atoms with van der Waals surface area (Å²) in [6.07, 6.45) is 4.11. The molecule has 0 fully saturated rings. The lowest BCUT2D eigenvalue weighted by atomic mass is 10.0. The van der Waals surface area contributed by atoms with Gasteiger partial charge < -0.3 is 14.0 Å². The third-order valence-corrected chi connectivity index (χ3v) is 5.90. The van der Waals surface area contributed by atoms with Crippen LogP contribution in [0, 0.1) is 19.3 Å². The summed E-state index contributed by atoms with van der Waals surface area (Å²) in [4.78, 5) is 37.8. The average Bonchev–Trinajstić information content (AvgIpc) is 3.33. The molecule has 2 aromatic carbocycles. The molecule has 12 heteroatoms. The molecule has 202 valence electrons. The van der Waals surface area contributed by atoms with Crippen LogP contribution in [0.1, 0.15) is 18.2 Å². The van der Waals surface area contributed by atoms with Crippen molar-refractivity contribution in [1.82, 2.24) is 14.3 Å². The molecule has 1 unspecified atom stereocenters. The zero-order valence-electron chi connectivity index (χ0n) is 21.0. The number of ether oxygens (including phenoxy) is 2. The second kappa shape index (κ2) is 10.5. The predicted octanol–water partition coefficient (Wildman–Crippen LogP) is 3.66. The number of halogens is 3. The SMILES string of the molecule is C#CCOC(=O)C(C)Oc1ccc(C)cc1-c1noc2ccc(-n3c(=O)cc(C(F)(F)CF)n(C)c3=O)cc12. The van der Waals surface area contributed by atoms with E-state index in [4.69, 9.17) is 20.4 Å². The lowest BCUT2D eigenvalue weighted by molar-refractivity contribution is -0.149. The van der Waals surface area contributed by atoms with Gasteiger partial charge in [-0.1, -0.05) is 22.7 Å². The molecule has 1 atom stereocenters. The molecular weight excluding hydrogens is 519 g/mol. The minimum atomic E-state index is -4.01. The number of esters is 1. The first-order valence-electron chi connectivity index (χ1n) is 11.5. The normalized spacial score (nSPS) is 12.2. The summed E-state index contributed by atoms with van der Waals surface area (Å²) in [5.41, 5.74) is -1.37. The van der Waals surface area contributed by atoms with Crippen LogP contribution in [0.5, 0.6) is 5.75 Å². The Kier molecular flexibility index (Phi) is 7.36. The lowest BCUT2D eigenvalue weighted by Crippen LogP contribution is -2.41. The Bertz CT molecular complexity index is 1730. The van der Waals surface area contributed by atoms with Crippen LogP contribution in [-0.4, -0.2) is 39.6 Å². The number of carbonyl (C=O) groups excluding carboxylic acids is 1. The van der Waals surface area contributed by atoms with Crippen molar-refractivity contribution in [2.75, 3.05) is 13.3 Å². The van der Waals surface area contributed by atoms with Crippen LogP contribution in [0.4, 0.5) is 13.2 Å². The molecule has 0 aliphatic carbocycles. The van der Waals surface area contributed by atoms with Crippen molar-refractivity contribution in [3.8, 4) is 35.0 Å². The van der Waals surface area contributed by atoms with Crippen LogP contribution in [0.15, 0.2) is 56.6 Å². The van der Waals surface area contributed by atoms with Crippen molar-refractivity contribution in [2.24, 2.45) is 7.05 Å². The third-order valence-electron chi connectivity index (χ3n) is 5.90. The molecule has 0 saturated carbocycles. The number of carbonyl (C=O) groups is 1. The maximum atomic E-state index is 14.0. The van der Waals surface area contributed by atoms with Gasteiger partial charge in [0, 0.05) is 18.7 Å². The van der Waals surface area contributed by atoms with Crippen molar-refractivity contribution >= 4 is 16.9 Å². The van der Waals surface area contributed by atoms with Crippen molar-refractivity contribution in [3.63, 3.8) is 0 Å². The van der Waals surface area contributed by atoms with Gasteiger partial charge in [-0.05, 0) is 44.2 Å². The predicted molar refractivity (Wildman–Crippen MR) is 135 cm³/mol. The van der Waals surface area contributed by atoms with E-state index >= 15 is 0 Å². The van der Waals surface area contributed by atoms with Crippen molar-refractivity contribution < 1.29 is 32.0 Å². The molecule has 39 heavy (non-hydrogen) atoms. The zero-order valence-corrected chi connectivity index (χ0v) is 21.0. The summed E-state index contributed by atoms with van der Waals surface area (Å²) >= 11 is 0. The number of alkyl halides is 3. The Labute approximate surface area is 219 Å². The summed E-state index contributed by atoms with van der Waals surface area (Å²) in [7, 11) is 1.02. The molecule has 2 aromatic heterocycles. The number of hydrogen-bond acceptors (Lipinski definition) is 7. The Morgan fingerprint density at radius 1 is 1.21 bits per heavy atom. The van der Waals surface area contributed by atoms with Crippen LogP contribution in [0.3, 0.4) is 0 Å². The highest BCUT2D eigenvalue weighted by molar-refractivity contribution is 5.94. The smallest absolute Gasteiger partial charge is 0.347 e. The number of aryl methyl sites for hydroxylation is 1. The minimum absolute atomic E-state index is 0.0361. The van der Waals surface area contributed by atoms with E-state index in [9.17, 15) is 27.6 Å². The highest BCUT2D eigenvalue weighted by atomic mass is 19.3. The maximum Gasteiger partial charge on any atom is 0.347 e. The van der Waals surface area contributed by atoms with E-state index in [-0.39, 0.29) is 29.3 Å². The summed E-state index contributed by atoms with van der Waals surface area (Å²) in [6, 6.07) is 9.89. The number of fused-ring (bicyclic) bond motifs is 1. The first-order chi connectivity index (χ1) is 18.5. The van der Waals surface area contributed by atoms with Crippen LogP contribution in [0.2, 0.25) is 0 Å². The van der Waals surface area contributed by atoms with Gasteiger partial charge in [0.15, 0.2) is 25.0 Å². The van der Waals surface area contributed by atoms with Crippen molar-refractivity contribution in [1.29, 1.82) is 0 Å². The van der Waals surface area contributed by atoms with Gasteiger partial charge in [-0.25, -0.2) is 18.5 Å². The van der Waals surface area contributed by atoms with Gasteiger partial charge >= 0.3 is 17.6 Å². The fourth-order valence-electron chi connectivity index (χ4n) is 3.94. The number of aromatic nitrogens is 3. The largest absolute Gasteiger partial charge is 0.478 e. The molecule has 0 spiro atoms. The van der Waals surface area contributed by atoms with Gasteiger partial charge in [-0.15, -0.1) is 6.42 Å². The fraction of sp³-hybridized carbons (Fsp3) is 0.259. The van der Waals surface area contributed by atoms with E-state index in [1.54, 1.807) is 18.2 Å². The number of nitrogens with zero attached hydrogens (tertiary/aromatic N) is 3. The van der Waals surface area contributed by atoms with Crippen LogP contribution < -0.4 is 16.0 Å².